The van der Waals surface area contributed by atoms with Crippen molar-refractivity contribution in [3.8, 4) is 0 Å². The molecule has 0 spiro atoms. The molecule has 0 aromatic rings. The van der Waals surface area contributed by atoms with Crippen LogP contribution in [0.4, 0.5) is 0 Å². The van der Waals surface area contributed by atoms with Crippen molar-refractivity contribution >= 4 is 11.8 Å². The van der Waals surface area contributed by atoms with Gasteiger partial charge in [0.15, 0.2) is 0 Å². The number of carbonyl (C=O) groups excluding carboxylic acids is 2. The highest BCUT2D eigenvalue weighted by Crippen LogP contribution is 2.13. The second-order valence-electron chi connectivity index (χ2n) is 4.84. The fraction of sp³-hybridized carbons (Fsp3) is 0.818. The second kappa shape index (κ2) is 5.13. The molecule has 0 aliphatic rings. The molecule has 0 aromatic carbocycles. The normalized spacial score (nSPS) is 13.5. The number of rotatable bonds is 3. The molecular formula is C11H21NO2. The molecule has 82 valence electrons. The number of carbonyl (C=O) groups is 2. The largest absolute Gasteiger partial charge is 0.296 e. The average molecular weight is 199 g/mol. The zero-order valence-electron chi connectivity index (χ0n) is 9.81. The molecule has 0 saturated carbocycles. The summed E-state index contributed by atoms with van der Waals surface area (Å²) in [6.45, 7) is 9.40. The van der Waals surface area contributed by atoms with Crippen LogP contribution in [0.3, 0.4) is 0 Å². The van der Waals surface area contributed by atoms with Crippen molar-refractivity contribution in [2.24, 2.45) is 11.3 Å². The van der Waals surface area contributed by atoms with Crippen molar-refractivity contribution < 1.29 is 9.59 Å². The van der Waals surface area contributed by atoms with Crippen molar-refractivity contribution in [3.63, 3.8) is 0 Å². The van der Waals surface area contributed by atoms with Gasteiger partial charge < -0.3 is 0 Å². The highest BCUT2D eigenvalue weighted by molar-refractivity contribution is 5.97. The van der Waals surface area contributed by atoms with Crippen molar-refractivity contribution in [2.45, 2.75) is 47.5 Å². The Morgan fingerprint density at radius 2 is 1.79 bits per heavy atom. The Morgan fingerprint density at radius 3 is 2.14 bits per heavy atom. The van der Waals surface area contributed by atoms with E-state index in [1.54, 1.807) is 20.8 Å². The molecular weight excluding hydrogens is 178 g/mol. The van der Waals surface area contributed by atoms with Crippen LogP contribution in [0.2, 0.25) is 0 Å². The summed E-state index contributed by atoms with van der Waals surface area (Å²) >= 11 is 0. The van der Waals surface area contributed by atoms with Gasteiger partial charge >= 0.3 is 0 Å². The van der Waals surface area contributed by atoms with Crippen LogP contribution in [0.1, 0.15) is 47.5 Å². The molecule has 14 heavy (non-hydrogen) atoms. The first-order valence-corrected chi connectivity index (χ1v) is 5.11. The lowest BCUT2D eigenvalue weighted by molar-refractivity contribution is -0.135. The summed E-state index contributed by atoms with van der Waals surface area (Å²) < 4.78 is 0. The molecule has 3 nitrogen and oxygen atoms in total. The molecule has 0 aliphatic heterocycles. The summed E-state index contributed by atoms with van der Waals surface area (Å²) in [7, 11) is 0. The van der Waals surface area contributed by atoms with Gasteiger partial charge in [-0.25, -0.2) is 0 Å². The van der Waals surface area contributed by atoms with E-state index in [1.807, 2.05) is 13.8 Å². The molecule has 0 aromatic heterocycles. The Morgan fingerprint density at radius 1 is 1.29 bits per heavy atom. The van der Waals surface area contributed by atoms with Crippen LogP contribution in [0, 0.1) is 11.3 Å². The van der Waals surface area contributed by atoms with E-state index in [4.69, 9.17) is 0 Å². The Balaban J connectivity index is 4.02. The van der Waals surface area contributed by atoms with Crippen molar-refractivity contribution in [1.82, 2.24) is 5.32 Å². The minimum absolute atomic E-state index is 0.167. The van der Waals surface area contributed by atoms with E-state index in [2.05, 4.69) is 5.32 Å². The minimum atomic E-state index is -0.495. The first-order chi connectivity index (χ1) is 6.27. The Kier molecular flexibility index (Phi) is 4.81. The molecule has 0 fully saturated rings. The molecule has 3 heteroatoms. The van der Waals surface area contributed by atoms with Crippen LogP contribution in [-0.2, 0) is 9.59 Å². The maximum atomic E-state index is 11.4. The third kappa shape index (κ3) is 5.00. The monoisotopic (exact) mass is 199 g/mol. The van der Waals surface area contributed by atoms with Crippen molar-refractivity contribution in [1.29, 1.82) is 0 Å². The number of hydrogen-bond acceptors (Lipinski definition) is 2. The lowest BCUT2D eigenvalue weighted by Crippen LogP contribution is -2.39. The van der Waals surface area contributed by atoms with Gasteiger partial charge in [-0.1, -0.05) is 41.0 Å². The smallest absolute Gasteiger partial charge is 0.231 e. The zero-order valence-corrected chi connectivity index (χ0v) is 9.81. The van der Waals surface area contributed by atoms with E-state index in [0.717, 1.165) is 6.42 Å². The van der Waals surface area contributed by atoms with E-state index in [-0.39, 0.29) is 11.8 Å². The molecule has 0 heterocycles. The third-order valence-corrected chi connectivity index (χ3v) is 2.16. The Labute approximate surface area is 86.3 Å². The second-order valence-corrected chi connectivity index (χ2v) is 4.84. The summed E-state index contributed by atoms with van der Waals surface area (Å²) in [4.78, 5) is 22.8. The summed E-state index contributed by atoms with van der Waals surface area (Å²) in [6.07, 6.45) is 1.38. The van der Waals surface area contributed by atoms with Gasteiger partial charge in [0, 0.05) is 11.8 Å². The van der Waals surface area contributed by atoms with Crippen LogP contribution in [0.15, 0.2) is 0 Å². The lowest BCUT2D eigenvalue weighted by atomic mass is 9.95. The standard InChI is InChI=1S/C11H21NO2/c1-6-8(2)7-9(13)12-10(14)11(3,4)5/h8H,6-7H2,1-5H3,(H,12,13,14). The average Bonchev–Trinajstić information content (AvgIpc) is 2.02. The SMILES string of the molecule is CCC(C)CC(=O)NC(=O)C(C)(C)C. The fourth-order valence-corrected chi connectivity index (χ4v) is 0.826. The predicted molar refractivity (Wildman–Crippen MR) is 56.7 cm³/mol. The number of imide groups is 1. The van der Waals surface area contributed by atoms with Crippen LogP contribution in [0.5, 0.6) is 0 Å². The Hall–Kier alpha value is -0.860. The molecule has 1 N–H and O–H groups in total. The molecule has 0 bridgehead atoms. The number of amides is 2. The van der Waals surface area contributed by atoms with E-state index < -0.39 is 5.41 Å². The topological polar surface area (TPSA) is 46.2 Å². The van der Waals surface area contributed by atoms with Crippen LogP contribution in [-0.4, -0.2) is 11.8 Å². The molecule has 2 amide bonds. The maximum Gasteiger partial charge on any atom is 0.231 e. The maximum absolute atomic E-state index is 11.4. The van der Waals surface area contributed by atoms with E-state index >= 15 is 0 Å². The van der Waals surface area contributed by atoms with Gasteiger partial charge in [-0.2, -0.15) is 0 Å². The molecule has 0 rings (SSSR count). The van der Waals surface area contributed by atoms with Gasteiger partial charge in [0.05, 0.1) is 0 Å². The number of nitrogens with one attached hydrogen (secondary N) is 1. The van der Waals surface area contributed by atoms with Crippen molar-refractivity contribution in [3.05, 3.63) is 0 Å². The van der Waals surface area contributed by atoms with Gasteiger partial charge in [0.25, 0.3) is 0 Å². The molecule has 0 radical (unpaired) electrons. The van der Waals surface area contributed by atoms with Gasteiger partial charge in [0.2, 0.25) is 11.8 Å². The number of hydrogen-bond donors (Lipinski definition) is 1. The van der Waals surface area contributed by atoms with Crippen molar-refractivity contribution in [2.75, 3.05) is 0 Å². The third-order valence-electron chi connectivity index (χ3n) is 2.16. The van der Waals surface area contributed by atoms with Gasteiger partial charge in [0.1, 0.15) is 0 Å². The molecule has 1 atom stereocenters. The van der Waals surface area contributed by atoms with Crippen LogP contribution >= 0.6 is 0 Å². The molecule has 0 saturated heterocycles. The first-order valence-electron chi connectivity index (χ1n) is 5.11. The Bertz CT molecular complexity index is 216. The van der Waals surface area contributed by atoms with E-state index in [1.165, 1.54) is 0 Å². The molecule has 0 aliphatic carbocycles. The lowest BCUT2D eigenvalue weighted by Gasteiger charge is -2.17. The summed E-state index contributed by atoms with van der Waals surface area (Å²) in [6, 6.07) is 0. The van der Waals surface area contributed by atoms with Gasteiger partial charge in [-0.15, -0.1) is 0 Å². The zero-order chi connectivity index (χ0) is 11.4. The van der Waals surface area contributed by atoms with E-state index in [0.29, 0.717) is 12.3 Å². The van der Waals surface area contributed by atoms with Crippen LogP contribution < -0.4 is 5.32 Å². The first kappa shape index (κ1) is 13.1. The van der Waals surface area contributed by atoms with Gasteiger partial charge in [-0.05, 0) is 5.92 Å². The quantitative estimate of drug-likeness (QED) is 0.756. The molecule has 1 unspecified atom stereocenters. The summed E-state index contributed by atoms with van der Waals surface area (Å²) in [5, 5.41) is 2.41. The van der Waals surface area contributed by atoms with E-state index in [9.17, 15) is 9.59 Å². The highest BCUT2D eigenvalue weighted by Gasteiger charge is 2.23. The van der Waals surface area contributed by atoms with Crippen LogP contribution in [0.25, 0.3) is 0 Å². The highest BCUT2D eigenvalue weighted by atomic mass is 16.2. The minimum Gasteiger partial charge on any atom is -0.296 e. The summed E-state index contributed by atoms with van der Waals surface area (Å²) in [5.74, 6) is -0.0344. The van der Waals surface area contributed by atoms with Gasteiger partial charge in [-0.3, -0.25) is 14.9 Å². The summed E-state index contributed by atoms with van der Waals surface area (Å²) in [5.41, 5.74) is -0.495. The predicted octanol–water partition coefficient (Wildman–Crippen LogP) is 2.11. The fourth-order valence-electron chi connectivity index (χ4n) is 0.826.